The molecule has 1 amide bonds. The maximum atomic E-state index is 12.9. The molecular formula is C24H33N3O5S. The highest BCUT2D eigenvalue weighted by Gasteiger charge is 2.38. The van der Waals surface area contributed by atoms with Gasteiger partial charge in [-0.05, 0) is 50.3 Å². The van der Waals surface area contributed by atoms with E-state index in [4.69, 9.17) is 9.84 Å². The number of methoxy groups -OCH3 is 1. The Hall–Kier alpha value is -2.46. The van der Waals surface area contributed by atoms with Crippen molar-refractivity contribution in [2.45, 2.75) is 50.1 Å². The molecule has 0 aromatic heterocycles. The van der Waals surface area contributed by atoms with Gasteiger partial charge in [0.25, 0.3) is 16.1 Å². The summed E-state index contributed by atoms with van der Waals surface area (Å²) < 4.78 is 35.1. The molecule has 33 heavy (non-hydrogen) atoms. The summed E-state index contributed by atoms with van der Waals surface area (Å²) in [6, 6.07) is 16.4. The zero-order valence-electron chi connectivity index (χ0n) is 19.1. The van der Waals surface area contributed by atoms with Gasteiger partial charge < -0.3 is 15.2 Å². The third-order valence-corrected chi connectivity index (χ3v) is 7.58. The zero-order valence-corrected chi connectivity index (χ0v) is 19.9. The van der Waals surface area contributed by atoms with Gasteiger partial charge in [-0.1, -0.05) is 42.5 Å². The predicted octanol–water partition coefficient (Wildman–Crippen LogP) is 2.11. The van der Waals surface area contributed by atoms with Gasteiger partial charge in [-0.3, -0.25) is 4.79 Å². The number of carbonyl (C=O) groups excluding carboxylic acids is 1. The first-order valence-corrected chi connectivity index (χ1v) is 12.6. The second kappa shape index (κ2) is 11.1. The zero-order chi connectivity index (χ0) is 23.9. The molecule has 1 atom stereocenters. The summed E-state index contributed by atoms with van der Waals surface area (Å²) >= 11 is 0. The Balaban J connectivity index is 1.71. The van der Waals surface area contributed by atoms with Crippen LogP contribution in [0.25, 0.3) is 0 Å². The molecule has 2 aromatic rings. The predicted molar refractivity (Wildman–Crippen MR) is 127 cm³/mol. The maximum absolute atomic E-state index is 12.9. The first-order chi connectivity index (χ1) is 15.8. The first kappa shape index (κ1) is 25.2. The quantitative estimate of drug-likeness (QED) is 0.420. The van der Waals surface area contributed by atoms with Gasteiger partial charge in [0.1, 0.15) is 5.75 Å². The lowest BCUT2D eigenvalue weighted by molar-refractivity contribution is 0.0932. The molecule has 1 unspecified atom stereocenters. The average molecular weight is 476 g/mol. The van der Waals surface area contributed by atoms with Crippen LogP contribution in [0.1, 0.15) is 48.5 Å². The number of rotatable bonds is 10. The molecule has 0 heterocycles. The summed E-state index contributed by atoms with van der Waals surface area (Å²) in [5.41, 5.74) is 1.31. The number of hydrogen-bond donors (Lipinski definition) is 4. The Labute approximate surface area is 195 Å². The van der Waals surface area contributed by atoms with Crippen molar-refractivity contribution in [3.05, 3.63) is 65.7 Å². The van der Waals surface area contributed by atoms with Crippen molar-refractivity contribution in [3.63, 3.8) is 0 Å². The van der Waals surface area contributed by atoms with Gasteiger partial charge in [0.05, 0.1) is 19.3 Å². The monoisotopic (exact) mass is 475 g/mol. The molecule has 1 saturated carbocycles. The van der Waals surface area contributed by atoms with Crippen LogP contribution in [0.5, 0.6) is 5.75 Å². The van der Waals surface area contributed by atoms with Crippen LogP contribution in [0.4, 0.5) is 0 Å². The van der Waals surface area contributed by atoms with Crippen LogP contribution in [-0.2, 0) is 15.6 Å². The minimum atomic E-state index is -3.71. The number of amides is 1. The third kappa shape index (κ3) is 6.54. The number of hydrogen-bond acceptors (Lipinski definition) is 5. The third-order valence-electron chi connectivity index (χ3n) is 6.22. The highest BCUT2D eigenvalue weighted by atomic mass is 32.2. The summed E-state index contributed by atoms with van der Waals surface area (Å²) in [6.45, 7) is 1.77. The number of nitrogens with one attached hydrogen (secondary N) is 3. The van der Waals surface area contributed by atoms with Gasteiger partial charge in [0.15, 0.2) is 0 Å². The standard InChI is InChI=1S/C24H33N3O5S/c1-18(16-28)26-33(30,31)27-20-12-14-24(15-13-20,19-8-4-3-5-9-19)17-25-23(29)21-10-6-7-11-22(21)32-2/h3-11,18,20,26-28H,12-17H2,1-2H3,(H,25,29). The van der Waals surface area contributed by atoms with Gasteiger partial charge in [0.2, 0.25) is 0 Å². The number of aliphatic hydroxyl groups is 1. The molecule has 9 heteroatoms. The number of carbonyl (C=O) groups is 1. The molecule has 0 radical (unpaired) electrons. The number of benzene rings is 2. The van der Waals surface area contributed by atoms with Gasteiger partial charge in [-0.2, -0.15) is 17.9 Å². The molecule has 1 aliphatic rings. The second-order valence-corrected chi connectivity index (χ2v) is 10.1. The van der Waals surface area contributed by atoms with Crippen LogP contribution in [0.2, 0.25) is 0 Å². The summed E-state index contributed by atoms with van der Waals surface area (Å²) in [4.78, 5) is 12.9. The van der Waals surface area contributed by atoms with E-state index in [1.807, 2.05) is 24.3 Å². The van der Waals surface area contributed by atoms with Crippen LogP contribution < -0.4 is 19.5 Å². The average Bonchev–Trinajstić information content (AvgIpc) is 2.83. The lowest BCUT2D eigenvalue weighted by Crippen LogP contribution is -2.51. The molecule has 0 aliphatic heterocycles. The minimum absolute atomic E-state index is 0.201. The van der Waals surface area contributed by atoms with E-state index in [-0.39, 0.29) is 24.0 Å². The van der Waals surface area contributed by atoms with Crippen LogP contribution in [0.3, 0.4) is 0 Å². The fraction of sp³-hybridized carbons (Fsp3) is 0.458. The van der Waals surface area contributed by atoms with E-state index in [2.05, 4.69) is 26.9 Å². The van der Waals surface area contributed by atoms with E-state index in [9.17, 15) is 13.2 Å². The lowest BCUT2D eigenvalue weighted by Gasteiger charge is -2.41. The van der Waals surface area contributed by atoms with Crippen molar-refractivity contribution in [2.24, 2.45) is 0 Å². The molecule has 2 aromatic carbocycles. The van der Waals surface area contributed by atoms with Crippen molar-refractivity contribution in [2.75, 3.05) is 20.3 Å². The normalized spacial score (nSPS) is 21.8. The molecule has 0 saturated heterocycles. The molecule has 4 N–H and O–H groups in total. The van der Waals surface area contributed by atoms with E-state index in [1.165, 1.54) is 7.11 Å². The highest BCUT2D eigenvalue weighted by molar-refractivity contribution is 7.87. The summed E-state index contributed by atoms with van der Waals surface area (Å²) in [5, 5.41) is 12.2. The Bertz CT molecular complexity index is 1020. The Morgan fingerprint density at radius 1 is 1.12 bits per heavy atom. The molecule has 180 valence electrons. The van der Waals surface area contributed by atoms with Crippen molar-refractivity contribution >= 4 is 16.1 Å². The van der Waals surface area contributed by atoms with Crippen LogP contribution in [0.15, 0.2) is 54.6 Å². The van der Waals surface area contributed by atoms with E-state index in [0.29, 0.717) is 43.5 Å². The fourth-order valence-corrected chi connectivity index (χ4v) is 5.73. The van der Waals surface area contributed by atoms with Gasteiger partial charge in [-0.15, -0.1) is 0 Å². The number of ether oxygens (including phenoxy) is 1. The van der Waals surface area contributed by atoms with Crippen LogP contribution >= 0.6 is 0 Å². The number of para-hydroxylation sites is 1. The Kier molecular flexibility index (Phi) is 8.47. The lowest BCUT2D eigenvalue weighted by atomic mass is 9.68. The van der Waals surface area contributed by atoms with Crippen LogP contribution in [-0.4, -0.2) is 51.8 Å². The van der Waals surface area contributed by atoms with E-state index in [0.717, 1.165) is 5.56 Å². The van der Waals surface area contributed by atoms with E-state index < -0.39 is 16.3 Å². The largest absolute Gasteiger partial charge is 0.496 e. The minimum Gasteiger partial charge on any atom is -0.496 e. The molecule has 3 rings (SSSR count). The SMILES string of the molecule is COc1ccccc1C(=O)NCC1(c2ccccc2)CCC(NS(=O)(=O)NC(C)CO)CC1. The Morgan fingerprint density at radius 2 is 1.76 bits per heavy atom. The van der Waals surface area contributed by atoms with Crippen molar-refractivity contribution in [1.29, 1.82) is 0 Å². The molecule has 0 spiro atoms. The highest BCUT2D eigenvalue weighted by Crippen LogP contribution is 2.39. The van der Waals surface area contributed by atoms with Gasteiger partial charge >= 0.3 is 0 Å². The van der Waals surface area contributed by atoms with E-state index >= 15 is 0 Å². The van der Waals surface area contributed by atoms with Gasteiger partial charge in [-0.25, -0.2) is 0 Å². The van der Waals surface area contributed by atoms with Crippen LogP contribution in [0, 0.1) is 0 Å². The smallest absolute Gasteiger partial charge is 0.277 e. The molecule has 1 aliphatic carbocycles. The molecule has 0 bridgehead atoms. The van der Waals surface area contributed by atoms with Gasteiger partial charge in [0, 0.05) is 24.0 Å². The first-order valence-electron chi connectivity index (χ1n) is 11.2. The number of aliphatic hydroxyl groups excluding tert-OH is 1. The topological polar surface area (TPSA) is 117 Å². The molecular weight excluding hydrogens is 442 g/mol. The molecule has 1 fully saturated rings. The summed E-state index contributed by atoms with van der Waals surface area (Å²) in [7, 11) is -2.17. The van der Waals surface area contributed by atoms with Crippen molar-refractivity contribution in [1.82, 2.24) is 14.8 Å². The summed E-state index contributed by atoms with van der Waals surface area (Å²) in [6.07, 6.45) is 2.69. The van der Waals surface area contributed by atoms with E-state index in [1.54, 1.807) is 25.1 Å². The second-order valence-electron chi connectivity index (χ2n) is 8.63. The van der Waals surface area contributed by atoms with Crippen molar-refractivity contribution in [3.8, 4) is 5.75 Å². The maximum Gasteiger partial charge on any atom is 0.277 e. The van der Waals surface area contributed by atoms with Crippen molar-refractivity contribution < 1.29 is 23.1 Å². The Morgan fingerprint density at radius 3 is 2.39 bits per heavy atom. The molecule has 8 nitrogen and oxygen atoms in total. The fourth-order valence-electron chi connectivity index (χ4n) is 4.38. The summed E-state index contributed by atoms with van der Waals surface area (Å²) in [5.74, 6) is 0.319.